The Bertz CT molecular complexity index is 213. The molecule has 17 heavy (non-hydrogen) atoms. The van der Waals surface area contributed by atoms with E-state index < -0.39 is 0 Å². The summed E-state index contributed by atoms with van der Waals surface area (Å²) in [6.45, 7) is 4.72. The van der Waals surface area contributed by atoms with Crippen LogP contribution in [0.25, 0.3) is 0 Å². The Morgan fingerprint density at radius 2 is 1.29 bits per heavy atom. The lowest BCUT2D eigenvalue weighted by Crippen LogP contribution is -2.43. The molecule has 0 radical (unpaired) electrons. The van der Waals surface area contributed by atoms with Crippen LogP contribution in [-0.2, 0) is 0 Å². The Morgan fingerprint density at radius 1 is 0.824 bits per heavy atom. The van der Waals surface area contributed by atoms with Gasteiger partial charge in [0.1, 0.15) is 0 Å². The molecule has 2 nitrogen and oxygen atoms in total. The molecule has 0 unspecified atom stereocenters. The molecule has 0 atom stereocenters. The normalized spacial score (nSPS) is 39.5. The van der Waals surface area contributed by atoms with Crippen molar-refractivity contribution in [2.75, 3.05) is 0 Å². The lowest BCUT2D eigenvalue weighted by atomic mass is 9.79. The van der Waals surface area contributed by atoms with E-state index in [2.05, 4.69) is 19.2 Å². The molecule has 0 aromatic carbocycles. The standard InChI is InChI=1S/C15H29NO/c1-11(2)12-3-5-13(6-4-12)16-14-7-9-15(17)10-8-14/h11-17H,3-10H2,1-2H3. The molecule has 0 aliphatic heterocycles. The van der Waals surface area contributed by atoms with Crippen LogP contribution in [0.5, 0.6) is 0 Å². The summed E-state index contributed by atoms with van der Waals surface area (Å²) in [5.74, 6) is 1.82. The van der Waals surface area contributed by atoms with Gasteiger partial charge in [-0.2, -0.15) is 0 Å². The number of aliphatic hydroxyl groups is 1. The van der Waals surface area contributed by atoms with E-state index in [0.29, 0.717) is 6.04 Å². The van der Waals surface area contributed by atoms with Crippen molar-refractivity contribution in [2.45, 2.75) is 83.4 Å². The van der Waals surface area contributed by atoms with Crippen molar-refractivity contribution >= 4 is 0 Å². The number of aliphatic hydroxyl groups excluding tert-OH is 1. The fraction of sp³-hybridized carbons (Fsp3) is 1.00. The van der Waals surface area contributed by atoms with Crippen molar-refractivity contribution in [3.63, 3.8) is 0 Å². The summed E-state index contributed by atoms with van der Waals surface area (Å²) in [6, 6.07) is 1.43. The first-order valence-electron chi connectivity index (χ1n) is 7.59. The summed E-state index contributed by atoms with van der Waals surface area (Å²) in [5.41, 5.74) is 0. The fourth-order valence-corrected chi connectivity index (χ4v) is 3.53. The van der Waals surface area contributed by atoms with E-state index in [0.717, 1.165) is 30.7 Å². The Labute approximate surface area is 106 Å². The maximum atomic E-state index is 9.50. The second-order valence-electron chi connectivity index (χ2n) is 6.53. The highest BCUT2D eigenvalue weighted by Crippen LogP contribution is 2.30. The Hall–Kier alpha value is -0.0800. The predicted octanol–water partition coefficient (Wildman–Crippen LogP) is 3.09. The Balaban J connectivity index is 1.67. The second kappa shape index (κ2) is 6.19. The van der Waals surface area contributed by atoms with E-state index in [-0.39, 0.29) is 6.10 Å². The maximum absolute atomic E-state index is 9.50. The van der Waals surface area contributed by atoms with E-state index in [4.69, 9.17) is 0 Å². The van der Waals surface area contributed by atoms with Crippen LogP contribution in [0, 0.1) is 11.8 Å². The predicted molar refractivity (Wildman–Crippen MR) is 72.0 cm³/mol. The quantitative estimate of drug-likeness (QED) is 0.793. The highest BCUT2D eigenvalue weighted by atomic mass is 16.3. The summed E-state index contributed by atoms with van der Waals surface area (Å²) in [6.07, 6.45) is 9.86. The van der Waals surface area contributed by atoms with Crippen molar-refractivity contribution in [2.24, 2.45) is 11.8 Å². The largest absolute Gasteiger partial charge is 0.393 e. The average molecular weight is 239 g/mol. The van der Waals surface area contributed by atoms with Gasteiger partial charge >= 0.3 is 0 Å². The van der Waals surface area contributed by atoms with Crippen LogP contribution in [0.4, 0.5) is 0 Å². The van der Waals surface area contributed by atoms with Crippen LogP contribution in [0.3, 0.4) is 0 Å². The average Bonchev–Trinajstić information content (AvgIpc) is 2.33. The monoisotopic (exact) mass is 239 g/mol. The second-order valence-corrected chi connectivity index (χ2v) is 6.53. The number of nitrogens with one attached hydrogen (secondary N) is 1. The van der Waals surface area contributed by atoms with Gasteiger partial charge in [0.25, 0.3) is 0 Å². The molecule has 2 aliphatic rings. The van der Waals surface area contributed by atoms with Crippen molar-refractivity contribution in [3.05, 3.63) is 0 Å². The van der Waals surface area contributed by atoms with Gasteiger partial charge in [0.15, 0.2) is 0 Å². The molecule has 0 spiro atoms. The van der Waals surface area contributed by atoms with E-state index >= 15 is 0 Å². The molecule has 0 aromatic heterocycles. The topological polar surface area (TPSA) is 32.3 Å². The van der Waals surface area contributed by atoms with Crippen molar-refractivity contribution in [1.82, 2.24) is 5.32 Å². The van der Waals surface area contributed by atoms with Crippen LogP contribution in [0.2, 0.25) is 0 Å². The first kappa shape index (κ1) is 13.4. The maximum Gasteiger partial charge on any atom is 0.0541 e. The van der Waals surface area contributed by atoms with Crippen molar-refractivity contribution in [3.8, 4) is 0 Å². The van der Waals surface area contributed by atoms with Gasteiger partial charge in [-0.1, -0.05) is 13.8 Å². The zero-order valence-electron chi connectivity index (χ0n) is 11.5. The third-order valence-corrected chi connectivity index (χ3v) is 4.88. The van der Waals surface area contributed by atoms with Gasteiger partial charge < -0.3 is 10.4 Å². The van der Waals surface area contributed by atoms with Gasteiger partial charge in [-0.3, -0.25) is 0 Å². The minimum Gasteiger partial charge on any atom is -0.393 e. The van der Waals surface area contributed by atoms with E-state index in [1.807, 2.05) is 0 Å². The summed E-state index contributed by atoms with van der Waals surface area (Å²) in [4.78, 5) is 0. The minimum atomic E-state index is -0.0234. The molecule has 0 heterocycles. The first-order valence-corrected chi connectivity index (χ1v) is 7.59. The van der Waals surface area contributed by atoms with Gasteiger partial charge in [0.2, 0.25) is 0 Å². The molecule has 2 aliphatic carbocycles. The highest BCUT2D eigenvalue weighted by Gasteiger charge is 2.26. The summed E-state index contributed by atoms with van der Waals surface area (Å²) in [7, 11) is 0. The van der Waals surface area contributed by atoms with Crippen LogP contribution in [-0.4, -0.2) is 23.3 Å². The zero-order valence-corrected chi connectivity index (χ0v) is 11.5. The van der Waals surface area contributed by atoms with Crippen LogP contribution in [0.15, 0.2) is 0 Å². The van der Waals surface area contributed by atoms with Crippen LogP contribution in [0.1, 0.15) is 65.2 Å². The van der Waals surface area contributed by atoms with E-state index in [1.165, 1.54) is 38.5 Å². The molecular formula is C15H29NO. The molecule has 0 bridgehead atoms. The van der Waals surface area contributed by atoms with E-state index in [1.54, 1.807) is 0 Å². The Morgan fingerprint density at radius 3 is 1.76 bits per heavy atom. The zero-order chi connectivity index (χ0) is 12.3. The third-order valence-electron chi connectivity index (χ3n) is 4.88. The molecule has 0 aromatic rings. The van der Waals surface area contributed by atoms with E-state index in [9.17, 15) is 5.11 Å². The smallest absolute Gasteiger partial charge is 0.0541 e. The number of hydrogen-bond donors (Lipinski definition) is 2. The van der Waals surface area contributed by atoms with Crippen LogP contribution < -0.4 is 5.32 Å². The molecule has 2 N–H and O–H groups in total. The SMILES string of the molecule is CC(C)C1CCC(NC2CCC(O)CC2)CC1. The molecule has 0 saturated heterocycles. The van der Waals surface area contributed by atoms with Crippen molar-refractivity contribution < 1.29 is 5.11 Å². The fourth-order valence-electron chi connectivity index (χ4n) is 3.53. The molecule has 2 heteroatoms. The van der Waals surface area contributed by atoms with Crippen molar-refractivity contribution in [1.29, 1.82) is 0 Å². The molecule has 100 valence electrons. The highest BCUT2D eigenvalue weighted by molar-refractivity contribution is 4.84. The molecule has 2 rings (SSSR count). The van der Waals surface area contributed by atoms with Gasteiger partial charge in [-0.25, -0.2) is 0 Å². The minimum absolute atomic E-state index is 0.0234. The van der Waals surface area contributed by atoms with Gasteiger partial charge in [0, 0.05) is 12.1 Å². The summed E-state index contributed by atoms with van der Waals surface area (Å²) in [5, 5.41) is 13.3. The summed E-state index contributed by atoms with van der Waals surface area (Å²) >= 11 is 0. The number of rotatable bonds is 3. The third kappa shape index (κ3) is 3.96. The van der Waals surface area contributed by atoms with Crippen LogP contribution >= 0.6 is 0 Å². The van der Waals surface area contributed by atoms with Gasteiger partial charge in [0.05, 0.1) is 6.10 Å². The Kier molecular flexibility index (Phi) is 4.87. The molecule has 2 fully saturated rings. The van der Waals surface area contributed by atoms with Gasteiger partial charge in [-0.15, -0.1) is 0 Å². The molecular weight excluding hydrogens is 210 g/mol. The van der Waals surface area contributed by atoms with Gasteiger partial charge in [-0.05, 0) is 63.2 Å². The lowest BCUT2D eigenvalue weighted by Gasteiger charge is -2.35. The number of hydrogen-bond acceptors (Lipinski definition) is 2. The first-order chi connectivity index (χ1) is 8.15. The molecule has 2 saturated carbocycles. The summed E-state index contributed by atoms with van der Waals surface area (Å²) < 4.78 is 0. The molecule has 0 amide bonds. The lowest BCUT2D eigenvalue weighted by molar-refractivity contribution is 0.110.